The largest absolute Gasteiger partial charge is 0.507 e. The number of imide groups is 1. The van der Waals surface area contributed by atoms with Gasteiger partial charge < -0.3 is 35.2 Å². The number of hydrogen-bond acceptors (Lipinski definition) is 12. The molecule has 2 atom stereocenters. The van der Waals surface area contributed by atoms with Crippen LogP contribution >= 0.6 is 0 Å². The van der Waals surface area contributed by atoms with E-state index < -0.39 is 24.4 Å². The fraction of sp³-hybridized carbons (Fsp3) is 0.457. The average molecular weight is 850 g/mol. The number of para-hydroxylation sites is 1. The molecule has 5 heterocycles. The Bertz CT molecular complexity index is 2340. The molecule has 4 aliphatic heterocycles. The first-order valence-electron chi connectivity index (χ1n) is 21.6. The number of phenols is 1. The van der Waals surface area contributed by atoms with Crippen LogP contribution < -0.4 is 30.5 Å². The molecule has 5 aliphatic rings. The molecule has 4 N–H and O–H groups in total. The van der Waals surface area contributed by atoms with Gasteiger partial charge in [-0.2, -0.15) is 0 Å². The average Bonchev–Trinajstić information content (AvgIpc) is 4.02. The molecular formula is C46H53F2N9O5. The number of likely N-dealkylation sites (N-methyl/N-ethyl adjacent to an activating group) is 1. The number of nitrogens with zero attached hydrogens (tertiary/aromatic N) is 7. The highest BCUT2D eigenvalue weighted by Gasteiger charge is 2.52. The Morgan fingerprint density at radius 1 is 0.919 bits per heavy atom. The van der Waals surface area contributed by atoms with Gasteiger partial charge >= 0.3 is 0 Å². The molecular weight excluding hydrogens is 797 g/mol. The van der Waals surface area contributed by atoms with Gasteiger partial charge in [0.05, 0.1) is 35.9 Å². The monoisotopic (exact) mass is 849 g/mol. The number of aromatic nitrogens is 2. The van der Waals surface area contributed by atoms with Crippen LogP contribution in [0.25, 0.3) is 11.3 Å². The number of phenolic OH excluding ortho intramolecular Hbond substituents is 1. The number of likely N-dealkylation sites (tertiary alicyclic amines) is 2. The van der Waals surface area contributed by atoms with Gasteiger partial charge in [0.15, 0.2) is 5.82 Å². The van der Waals surface area contributed by atoms with Gasteiger partial charge in [0.2, 0.25) is 17.7 Å². The van der Waals surface area contributed by atoms with E-state index in [1.807, 2.05) is 30.3 Å². The molecule has 5 fully saturated rings. The summed E-state index contributed by atoms with van der Waals surface area (Å²) in [6.45, 7) is 3.05. The number of nitrogen functional groups attached to an aromatic ring is 1. The molecule has 14 nitrogen and oxygen atoms in total. The Labute approximate surface area is 359 Å². The SMILES string of the molecule is CN(c1cccc(C2CCN(CC(=O)N3CCC(Oc4cccc(N5CCN(c6cc(-c7ccccc7O)nnc6N)CC56CC6)c4)CC3)CC2(F)F)c1)C1CCC(=O)NC1=O. The lowest BCUT2D eigenvalue weighted by molar-refractivity contribution is -0.138. The Kier molecular flexibility index (Phi) is 11.1. The molecule has 0 bridgehead atoms. The Morgan fingerprint density at radius 3 is 2.47 bits per heavy atom. The van der Waals surface area contributed by atoms with Gasteiger partial charge in [0.1, 0.15) is 23.6 Å². The van der Waals surface area contributed by atoms with Crippen molar-refractivity contribution >= 4 is 40.6 Å². The highest BCUT2D eigenvalue weighted by Crippen LogP contribution is 2.48. The highest BCUT2D eigenvalue weighted by atomic mass is 19.3. The number of anilines is 4. The van der Waals surface area contributed by atoms with Crippen molar-refractivity contribution in [3.8, 4) is 22.8 Å². The molecule has 16 heteroatoms. The minimum atomic E-state index is -3.06. The van der Waals surface area contributed by atoms with Crippen LogP contribution in [0.2, 0.25) is 0 Å². The third kappa shape index (κ3) is 8.44. The van der Waals surface area contributed by atoms with Crippen molar-refractivity contribution in [2.75, 3.05) is 79.8 Å². The number of carbonyl (C=O) groups excluding carboxylic acids is 3. The zero-order chi connectivity index (χ0) is 43.2. The number of benzene rings is 3. The number of rotatable bonds is 10. The molecule has 1 spiro atoms. The molecule has 1 aromatic heterocycles. The van der Waals surface area contributed by atoms with Crippen molar-refractivity contribution in [2.45, 2.75) is 74.5 Å². The standard InChI is InChI=1S/C46H53F2N9O5/c1-53(38-12-13-41(59)50-44(38)61)31-7-4-6-30(24-31)36-16-19-54(29-46(36,47)48)27-42(60)55-20-14-33(15-21-55)62-34-9-5-8-32(25-34)57-23-22-56(28-45(57)17-18-45)39-26-37(51-52-43(39)49)35-10-2-3-11-40(35)58/h2-11,24-26,33,36,38,58H,12-23,27-29H2,1H3,(H2,49,52)(H,50,59,61). The van der Waals surface area contributed by atoms with Crippen molar-refractivity contribution in [2.24, 2.45) is 0 Å². The summed E-state index contributed by atoms with van der Waals surface area (Å²) in [5.41, 5.74) is 10.5. The maximum Gasteiger partial charge on any atom is 0.267 e. The van der Waals surface area contributed by atoms with Gasteiger partial charge in [-0.15, -0.1) is 10.2 Å². The zero-order valence-electron chi connectivity index (χ0n) is 34.9. The third-order valence-electron chi connectivity index (χ3n) is 13.4. The first-order valence-corrected chi connectivity index (χ1v) is 21.6. The molecule has 4 saturated heterocycles. The fourth-order valence-corrected chi connectivity index (χ4v) is 9.80. The second-order valence-corrected chi connectivity index (χ2v) is 17.5. The summed E-state index contributed by atoms with van der Waals surface area (Å²) >= 11 is 0. The number of hydrogen-bond donors (Lipinski definition) is 3. The van der Waals surface area contributed by atoms with Crippen molar-refractivity contribution in [1.82, 2.24) is 25.3 Å². The lowest BCUT2D eigenvalue weighted by atomic mass is 9.85. The van der Waals surface area contributed by atoms with Gasteiger partial charge in [-0.05, 0) is 80.3 Å². The molecule has 3 amide bonds. The number of nitrogens with two attached hydrogens (primary N) is 1. The molecule has 326 valence electrons. The molecule has 62 heavy (non-hydrogen) atoms. The number of carbonyl (C=O) groups is 3. The number of halogens is 2. The van der Waals surface area contributed by atoms with E-state index in [0.29, 0.717) is 67.2 Å². The number of amides is 3. The Morgan fingerprint density at radius 2 is 1.71 bits per heavy atom. The van der Waals surface area contributed by atoms with E-state index in [4.69, 9.17) is 10.5 Å². The van der Waals surface area contributed by atoms with Crippen LogP contribution in [-0.2, 0) is 14.4 Å². The second kappa shape index (κ2) is 16.7. The van der Waals surface area contributed by atoms with E-state index >= 15 is 8.78 Å². The van der Waals surface area contributed by atoms with Crippen molar-refractivity contribution in [3.63, 3.8) is 0 Å². The minimum absolute atomic E-state index is 0.0476. The maximum absolute atomic E-state index is 15.8. The minimum Gasteiger partial charge on any atom is -0.507 e. The van der Waals surface area contributed by atoms with Crippen LogP contribution in [0, 0.1) is 0 Å². The number of piperidine rings is 3. The van der Waals surface area contributed by atoms with E-state index in [2.05, 4.69) is 37.4 Å². The predicted octanol–water partition coefficient (Wildman–Crippen LogP) is 5.03. The molecule has 1 aliphatic carbocycles. The van der Waals surface area contributed by atoms with E-state index in [1.165, 1.54) is 0 Å². The molecule has 1 saturated carbocycles. The Balaban J connectivity index is 0.761. The number of ether oxygens (including phenoxy) is 1. The van der Waals surface area contributed by atoms with Gasteiger partial charge in [0, 0.05) is 82.0 Å². The van der Waals surface area contributed by atoms with E-state index in [0.717, 1.165) is 49.6 Å². The third-order valence-corrected chi connectivity index (χ3v) is 13.4. The number of alkyl halides is 2. The van der Waals surface area contributed by atoms with Crippen molar-refractivity contribution in [3.05, 3.63) is 84.4 Å². The summed E-state index contributed by atoms with van der Waals surface area (Å²) in [5, 5.41) is 21.3. The van der Waals surface area contributed by atoms with Gasteiger partial charge in [-0.1, -0.05) is 30.3 Å². The summed E-state index contributed by atoms with van der Waals surface area (Å²) in [5.74, 6) is -3.66. The first-order chi connectivity index (χ1) is 29.9. The van der Waals surface area contributed by atoms with E-state index in [9.17, 15) is 19.5 Å². The molecule has 9 rings (SSSR count). The fourth-order valence-electron chi connectivity index (χ4n) is 9.80. The summed E-state index contributed by atoms with van der Waals surface area (Å²) in [6, 6.07) is 23.6. The lowest BCUT2D eigenvalue weighted by Crippen LogP contribution is -2.55. The molecule has 3 aromatic carbocycles. The smallest absolute Gasteiger partial charge is 0.267 e. The summed E-state index contributed by atoms with van der Waals surface area (Å²) < 4.78 is 38.1. The van der Waals surface area contributed by atoms with Crippen LogP contribution in [0.15, 0.2) is 78.9 Å². The molecule has 2 unspecified atom stereocenters. The quantitative estimate of drug-likeness (QED) is 0.183. The van der Waals surface area contributed by atoms with Crippen LogP contribution in [0.4, 0.5) is 31.7 Å². The van der Waals surface area contributed by atoms with Gasteiger partial charge in [-0.3, -0.25) is 24.6 Å². The number of nitrogens with one attached hydrogen (secondary N) is 1. The highest BCUT2D eigenvalue weighted by molar-refractivity contribution is 6.01. The number of aromatic hydroxyl groups is 1. The first kappa shape index (κ1) is 41.3. The van der Waals surface area contributed by atoms with Crippen LogP contribution in [0.5, 0.6) is 11.5 Å². The maximum atomic E-state index is 15.8. The van der Waals surface area contributed by atoms with Crippen LogP contribution in [0.3, 0.4) is 0 Å². The topological polar surface area (TPSA) is 161 Å². The normalized spacial score (nSPS) is 22.7. The van der Waals surface area contributed by atoms with Crippen LogP contribution in [0.1, 0.15) is 56.4 Å². The predicted molar refractivity (Wildman–Crippen MR) is 232 cm³/mol. The zero-order valence-corrected chi connectivity index (χ0v) is 34.9. The second-order valence-electron chi connectivity index (χ2n) is 17.5. The summed E-state index contributed by atoms with van der Waals surface area (Å²) in [7, 11) is 1.74. The lowest BCUT2D eigenvalue weighted by Gasteiger charge is -2.44. The number of piperazine rings is 1. The summed E-state index contributed by atoms with van der Waals surface area (Å²) in [4.78, 5) is 47.3. The Hall–Kier alpha value is -6.03. The van der Waals surface area contributed by atoms with E-state index in [-0.39, 0.29) is 54.5 Å². The van der Waals surface area contributed by atoms with Crippen molar-refractivity contribution in [1.29, 1.82) is 0 Å². The van der Waals surface area contributed by atoms with Crippen molar-refractivity contribution < 1.29 is 33.0 Å². The molecule has 4 aromatic rings. The summed E-state index contributed by atoms with van der Waals surface area (Å²) in [6.07, 6.45) is 4.08. The van der Waals surface area contributed by atoms with Crippen LogP contribution in [-0.4, -0.2) is 126 Å². The molecule has 0 radical (unpaired) electrons. The van der Waals surface area contributed by atoms with Gasteiger partial charge in [-0.25, -0.2) is 8.78 Å². The van der Waals surface area contributed by atoms with Gasteiger partial charge in [0.25, 0.3) is 5.92 Å². The van der Waals surface area contributed by atoms with E-state index in [1.54, 1.807) is 58.1 Å².